The number of halogens is 1. The van der Waals surface area contributed by atoms with Crippen LogP contribution in [0, 0.1) is 11.7 Å². The number of hydrogen-bond donors (Lipinski definition) is 1. The molecule has 0 heterocycles. The molecule has 1 amide bonds. The van der Waals surface area contributed by atoms with E-state index in [1.54, 1.807) is 39.8 Å². The molecule has 0 spiro atoms. The summed E-state index contributed by atoms with van der Waals surface area (Å²) >= 11 is 0. The summed E-state index contributed by atoms with van der Waals surface area (Å²) in [5.74, 6) is -1.03. The second-order valence-corrected chi connectivity index (χ2v) is 8.17. The van der Waals surface area contributed by atoms with Gasteiger partial charge in [-0.25, -0.2) is 14.0 Å². The van der Waals surface area contributed by atoms with Gasteiger partial charge in [-0.1, -0.05) is 19.9 Å². The number of esters is 1. The molecule has 0 aliphatic carbocycles. The maximum absolute atomic E-state index is 14.1. The predicted octanol–water partition coefficient (Wildman–Crippen LogP) is 4.42. The molecule has 0 aromatic heterocycles. The number of methoxy groups -OCH3 is 1. The van der Waals surface area contributed by atoms with E-state index in [-0.39, 0.29) is 17.6 Å². The molecule has 0 unspecified atom stereocenters. The predicted molar refractivity (Wildman–Crippen MR) is 105 cm³/mol. The molecule has 0 bridgehead atoms. The third-order valence-electron chi connectivity index (χ3n) is 4.17. The van der Waals surface area contributed by atoms with Crippen molar-refractivity contribution in [2.24, 2.45) is 5.92 Å². The van der Waals surface area contributed by atoms with Gasteiger partial charge in [-0.05, 0) is 58.2 Å². The first-order valence-electron chi connectivity index (χ1n) is 9.39. The molecule has 0 radical (unpaired) electrons. The van der Waals surface area contributed by atoms with Crippen LogP contribution in [-0.4, -0.2) is 36.9 Å². The highest BCUT2D eigenvalue weighted by Gasteiger charge is 2.29. The number of amides is 1. The highest BCUT2D eigenvalue weighted by Crippen LogP contribution is 2.32. The van der Waals surface area contributed by atoms with Gasteiger partial charge in [-0.2, -0.15) is 0 Å². The third-order valence-corrected chi connectivity index (χ3v) is 4.17. The van der Waals surface area contributed by atoms with Gasteiger partial charge in [0.15, 0.2) is 11.6 Å². The lowest BCUT2D eigenvalue weighted by molar-refractivity contribution is -0.152. The van der Waals surface area contributed by atoms with Crippen molar-refractivity contribution < 1.29 is 28.2 Å². The van der Waals surface area contributed by atoms with Crippen LogP contribution in [0.1, 0.15) is 59.9 Å². The number of carbonyl (C=O) groups is 2. The van der Waals surface area contributed by atoms with Crippen LogP contribution in [0.3, 0.4) is 0 Å². The smallest absolute Gasteiger partial charge is 0.408 e. The van der Waals surface area contributed by atoms with Crippen molar-refractivity contribution >= 4 is 12.1 Å². The Bertz CT molecular complexity index is 684. The maximum Gasteiger partial charge on any atom is 0.408 e. The molecular formula is C21H32FNO5. The highest BCUT2D eigenvalue weighted by atomic mass is 19.1. The van der Waals surface area contributed by atoms with E-state index < -0.39 is 35.6 Å². The summed E-state index contributed by atoms with van der Waals surface area (Å²) in [5.41, 5.74) is 0.0451. The fourth-order valence-corrected chi connectivity index (χ4v) is 2.99. The van der Waals surface area contributed by atoms with Gasteiger partial charge in [0.2, 0.25) is 0 Å². The van der Waals surface area contributed by atoms with Crippen LogP contribution >= 0.6 is 0 Å². The molecule has 0 aliphatic rings. The normalized spacial score (nSPS) is 14.8. The second kappa shape index (κ2) is 9.75. The van der Waals surface area contributed by atoms with Gasteiger partial charge in [0, 0.05) is 5.92 Å². The molecule has 1 aromatic carbocycles. The third kappa shape index (κ3) is 7.02. The van der Waals surface area contributed by atoms with E-state index in [1.165, 1.54) is 20.1 Å². The van der Waals surface area contributed by atoms with Gasteiger partial charge in [-0.15, -0.1) is 0 Å². The Morgan fingerprint density at radius 3 is 2.18 bits per heavy atom. The van der Waals surface area contributed by atoms with Crippen LogP contribution in [0.2, 0.25) is 0 Å². The van der Waals surface area contributed by atoms with E-state index in [9.17, 15) is 14.0 Å². The van der Waals surface area contributed by atoms with Gasteiger partial charge < -0.3 is 19.5 Å². The molecule has 1 aromatic rings. The Hall–Kier alpha value is -2.31. The van der Waals surface area contributed by atoms with Gasteiger partial charge in [0.05, 0.1) is 7.11 Å². The Balaban J connectivity index is 2.83. The summed E-state index contributed by atoms with van der Waals surface area (Å²) in [7, 11) is 1.40. The lowest BCUT2D eigenvalue weighted by Gasteiger charge is -2.29. The Labute approximate surface area is 166 Å². The first-order valence-corrected chi connectivity index (χ1v) is 9.39. The molecule has 28 heavy (non-hydrogen) atoms. The zero-order valence-corrected chi connectivity index (χ0v) is 18.0. The molecule has 3 atom stereocenters. The number of rotatable bonds is 7. The van der Waals surface area contributed by atoms with E-state index in [2.05, 4.69) is 5.32 Å². The summed E-state index contributed by atoms with van der Waals surface area (Å²) in [6.45, 7) is 12.4. The molecule has 0 saturated heterocycles. The zero-order chi connectivity index (χ0) is 21.6. The molecular weight excluding hydrogens is 365 g/mol. The highest BCUT2D eigenvalue weighted by molar-refractivity contribution is 5.81. The van der Waals surface area contributed by atoms with Crippen molar-refractivity contribution in [2.45, 2.75) is 72.1 Å². The Morgan fingerprint density at radius 2 is 1.71 bits per heavy atom. The van der Waals surface area contributed by atoms with Gasteiger partial charge >= 0.3 is 12.1 Å². The van der Waals surface area contributed by atoms with Crippen molar-refractivity contribution in [3.63, 3.8) is 0 Å². The molecule has 1 rings (SSSR count). The first-order chi connectivity index (χ1) is 12.9. The lowest BCUT2D eigenvalue weighted by atomic mass is 9.84. The summed E-state index contributed by atoms with van der Waals surface area (Å²) in [6, 6.07) is 3.84. The van der Waals surface area contributed by atoms with Crippen LogP contribution in [0.25, 0.3) is 0 Å². The summed E-state index contributed by atoms with van der Waals surface area (Å²) in [4.78, 5) is 24.2. The van der Waals surface area contributed by atoms with Crippen LogP contribution in [0.15, 0.2) is 18.2 Å². The standard InChI is InChI=1S/C21H32FNO5/c1-12(2)18(15-9-10-17(26-8)16(22)11-15)14(4)27-19(24)13(3)23-20(25)28-21(5,6)7/h9-14,18H,1-8H3,(H,23,25)/t13-,14-,18+/m0/s1. The first kappa shape index (κ1) is 23.7. The topological polar surface area (TPSA) is 73.9 Å². The molecule has 6 nitrogen and oxygen atoms in total. The van der Waals surface area contributed by atoms with Gasteiger partial charge in [-0.3, -0.25) is 0 Å². The van der Waals surface area contributed by atoms with E-state index in [0.717, 1.165) is 0 Å². The average molecular weight is 397 g/mol. The van der Waals surface area contributed by atoms with Gasteiger partial charge in [0.25, 0.3) is 0 Å². The van der Waals surface area contributed by atoms with Gasteiger partial charge in [0.1, 0.15) is 17.7 Å². The average Bonchev–Trinajstić information content (AvgIpc) is 2.52. The molecule has 0 aliphatic heterocycles. The van der Waals surface area contributed by atoms with Crippen LogP contribution in [0.4, 0.5) is 9.18 Å². The minimum Gasteiger partial charge on any atom is -0.494 e. The largest absolute Gasteiger partial charge is 0.494 e. The van der Waals surface area contributed by atoms with E-state index in [4.69, 9.17) is 14.2 Å². The van der Waals surface area contributed by atoms with E-state index in [1.807, 2.05) is 13.8 Å². The fourth-order valence-electron chi connectivity index (χ4n) is 2.99. The van der Waals surface area contributed by atoms with Crippen molar-refractivity contribution in [1.82, 2.24) is 5.32 Å². The van der Waals surface area contributed by atoms with Crippen molar-refractivity contribution in [3.05, 3.63) is 29.6 Å². The maximum atomic E-state index is 14.1. The Morgan fingerprint density at radius 1 is 1.11 bits per heavy atom. The molecule has 7 heteroatoms. The van der Waals surface area contributed by atoms with Crippen molar-refractivity contribution in [1.29, 1.82) is 0 Å². The van der Waals surface area contributed by atoms with E-state index >= 15 is 0 Å². The second-order valence-electron chi connectivity index (χ2n) is 8.17. The number of benzene rings is 1. The molecule has 158 valence electrons. The SMILES string of the molecule is COc1ccc([C@H](C(C)C)[C@H](C)OC(=O)[C@H](C)NC(=O)OC(C)(C)C)cc1F. The number of alkyl carbamates (subject to hydrolysis) is 1. The van der Waals surface area contributed by atoms with E-state index in [0.29, 0.717) is 5.56 Å². The number of nitrogens with one attached hydrogen (secondary N) is 1. The quantitative estimate of drug-likeness (QED) is 0.690. The van der Waals surface area contributed by atoms with Crippen molar-refractivity contribution in [3.8, 4) is 5.75 Å². The number of hydrogen-bond acceptors (Lipinski definition) is 5. The molecule has 1 N–H and O–H groups in total. The molecule has 0 fully saturated rings. The van der Waals surface area contributed by atoms with Crippen LogP contribution < -0.4 is 10.1 Å². The molecule has 0 saturated carbocycles. The summed E-state index contributed by atoms with van der Waals surface area (Å²) in [5, 5.41) is 2.46. The van der Waals surface area contributed by atoms with Crippen LogP contribution in [-0.2, 0) is 14.3 Å². The lowest BCUT2D eigenvalue weighted by Crippen LogP contribution is -2.43. The van der Waals surface area contributed by atoms with Crippen molar-refractivity contribution in [2.75, 3.05) is 7.11 Å². The fraction of sp³-hybridized carbons (Fsp3) is 0.619. The van der Waals surface area contributed by atoms with Crippen LogP contribution in [0.5, 0.6) is 5.75 Å². The monoisotopic (exact) mass is 397 g/mol. The number of carbonyl (C=O) groups excluding carboxylic acids is 2. The zero-order valence-electron chi connectivity index (χ0n) is 18.0. The summed E-state index contributed by atoms with van der Waals surface area (Å²) < 4.78 is 29.8. The summed E-state index contributed by atoms with van der Waals surface area (Å²) in [6.07, 6.45) is -1.22. The minimum absolute atomic E-state index is 0.0877. The minimum atomic E-state index is -0.877. The Kier molecular flexibility index (Phi) is 8.27. The number of ether oxygens (including phenoxy) is 3.